The summed E-state index contributed by atoms with van der Waals surface area (Å²) < 4.78 is 46.6. The van der Waals surface area contributed by atoms with Gasteiger partial charge in [-0.05, 0) is 25.9 Å². The second-order valence-corrected chi connectivity index (χ2v) is 5.32. The molecule has 0 fully saturated rings. The molecule has 0 aromatic rings. The Balaban J connectivity index is 3.31. The lowest BCUT2D eigenvalue weighted by Crippen LogP contribution is -2.15. The van der Waals surface area contributed by atoms with Crippen molar-refractivity contribution in [1.29, 1.82) is 0 Å². The zero-order valence-electron chi connectivity index (χ0n) is 9.61. The van der Waals surface area contributed by atoms with Gasteiger partial charge in [0, 0.05) is 22.3 Å². The minimum atomic E-state index is -4.18. The van der Waals surface area contributed by atoms with Gasteiger partial charge in [-0.25, -0.2) is 0 Å². The fourth-order valence-electron chi connectivity index (χ4n) is 1.20. The molecule has 0 rings (SSSR count). The van der Waals surface area contributed by atoms with Crippen LogP contribution in [0.4, 0.5) is 13.2 Å². The van der Waals surface area contributed by atoms with Crippen LogP contribution in [0, 0.1) is 0 Å². The van der Waals surface area contributed by atoms with E-state index in [1.54, 1.807) is 0 Å². The van der Waals surface area contributed by atoms with Crippen LogP contribution in [0.15, 0.2) is 0 Å². The van der Waals surface area contributed by atoms with Crippen LogP contribution in [-0.2, 0) is 10.8 Å². The lowest BCUT2D eigenvalue weighted by Gasteiger charge is -2.06. The molecule has 0 aromatic heterocycles. The Morgan fingerprint density at radius 2 is 1.81 bits per heavy atom. The number of alkyl halides is 3. The third-order valence-corrected chi connectivity index (χ3v) is 3.49. The highest BCUT2D eigenvalue weighted by Crippen LogP contribution is 2.19. The summed E-state index contributed by atoms with van der Waals surface area (Å²) in [5.41, 5.74) is 0. The summed E-state index contributed by atoms with van der Waals surface area (Å²) in [4.78, 5) is 0. The van der Waals surface area contributed by atoms with Crippen LogP contribution in [0.2, 0.25) is 0 Å². The van der Waals surface area contributed by atoms with Gasteiger partial charge < -0.3 is 5.32 Å². The molecule has 1 N–H and O–H groups in total. The molecule has 0 aliphatic rings. The molecule has 0 heterocycles. The molecule has 0 amide bonds. The first-order chi connectivity index (χ1) is 7.45. The predicted molar refractivity (Wildman–Crippen MR) is 60.9 cm³/mol. The third-order valence-electron chi connectivity index (χ3n) is 2.09. The van der Waals surface area contributed by atoms with Gasteiger partial charge in [0.1, 0.15) is 0 Å². The summed E-state index contributed by atoms with van der Waals surface area (Å²) >= 11 is 0. The van der Waals surface area contributed by atoms with E-state index < -0.39 is 23.4 Å². The van der Waals surface area contributed by atoms with E-state index in [0.717, 1.165) is 32.4 Å². The van der Waals surface area contributed by atoms with Gasteiger partial charge in [-0.15, -0.1) is 0 Å². The summed E-state index contributed by atoms with van der Waals surface area (Å²) in [7, 11) is -1.31. The predicted octanol–water partition coefficient (Wildman–Crippen LogP) is 2.47. The summed E-state index contributed by atoms with van der Waals surface area (Å²) in [5, 5.41) is 3.16. The average molecular weight is 259 g/mol. The van der Waals surface area contributed by atoms with Crippen LogP contribution in [-0.4, -0.2) is 35.0 Å². The van der Waals surface area contributed by atoms with Crippen molar-refractivity contribution in [3.05, 3.63) is 0 Å². The van der Waals surface area contributed by atoms with Crippen molar-refractivity contribution in [3.63, 3.8) is 0 Å². The van der Waals surface area contributed by atoms with Gasteiger partial charge in [0.25, 0.3) is 0 Å². The van der Waals surface area contributed by atoms with Crippen molar-refractivity contribution in [3.8, 4) is 0 Å². The Kier molecular flexibility index (Phi) is 8.93. The van der Waals surface area contributed by atoms with Crippen molar-refractivity contribution in [1.82, 2.24) is 5.32 Å². The van der Waals surface area contributed by atoms with Crippen molar-refractivity contribution in [2.75, 3.05) is 24.6 Å². The number of unbranched alkanes of at least 4 members (excludes halogenated alkanes) is 2. The van der Waals surface area contributed by atoms with Crippen LogP contribution >= 0.6 is 0 Å². The molecule has 0 spiro atoms. The molecule has 0 saturated carbocycles. The summed E-state index contributed by atoms with van der Waals surface area (Å²) in [5.74, 6) is 0.138. The molecule has 1 atom stereocenters. The van der Waals surface area contributed by atoms with E-state index in [1.807, 2.05) is 6.92 Å². The summed E-state index contributed by atoms with van der Waals surface area (Å²) in [6.07, 6.45) is -2.46. The first-order valence-corrected chi connectivity index (χ1v) is 7.07. The van der Waals surface area contributed by atoms with Gasteiger partial charge in [-0.3, -0.25) is 4.21 Å². The third kappa shape index (κ3) is 12.0. The zero-order valence-corrected chi connectivity index (χ0v) is 10.4. The average Bonchev–Trinajstić information content (AvgIpc) is 2.19. The number of halogens is 3. The maximum absolute atomic E-state index is 11.8. The topological polar surface area (TPSA) is 29.1 Å². The number of rotatable bonds is 9. The molecule has 2 nitrogen and oxygen atoms in total. The Hall–Kier alpha value is -0.100. The quantitative estimate of drug-likeness (QED) is 0.644. The maximum Gasteiger partial charge on any atom is 0.390 e. The van der Waals surface area contributed by atoms with Crippen molar-refractivity contribution < 1.29 is 17.4 Å². The highest BCUT2D eigenvalue weighted by molar-refractivity contribution is 7.84. The SMILES string of the molecule is CCNCCCCCS(=O)CCC(F)(F)F. The molecule has 98 valence electrons. The number of hydrogen-bond acceptors (Lipinski definition) is 2. The van der Waals surface area contributed by atoms with Gasteiger partial charge >= 0.3 is 6.18 Å². The second kappa shape index (κ2) is 8.98. The molecule has 0 aliphatic heterocycles. The normalized spacial score (nSPS) is 14.0. The number of hydrogen-bond donors (Lipinski definition) is 1. The lowest BCUT2D eigenvalue weighted by atomic mass is 10.2. The molecular weight excluding hydrogens is 239 g/mol. The molecule has 0 aliphatic carbocycles. The fourth-order valence-corrected chi connectivity index (χ4v) is 2.39. The summed E-state index contributed by atoms with van der Waals surface area (Å²) in [6.45, 7) is 3.87. The van der Waals surface area contributed by atoms with Gasteiger partial charge in [0.2, 0.25) is 0 Å². The van der Waals surface area contributed by atoms with Gasteiger partial charge in [0.15, 0.2) is 0 Å². The summed E-state index contributed by atoms with van der Waals surface area (Å²) in [6, 6.07) is 0. The Labute approximate surface area is 97.4 Å². The monoisotopic (exact) mass is 259 g/mol. The maximum atomic E-state index is 11.8. The minimum absolute atomic E-state index is 0.253. The van der Waals surface area contributed by atoms with E-state index in [-0.39, 0.29) is 5.75 Å². The molecular formula is C10H20F3NOS. The smallest absolute Gasteiger partial charge is 0.317 e. The van der Waals surface area contributed by atoms with Gasteiger partial charge in [-0.2, -0.15) is 13.2 Å². The van der Waals surface area contributed by atoms with E-state index >= 15 is 0 Å². The molecule has 6 heteroatoms. The largest absolute Gasteiger partial charge is 0.390 e. The standard InChI is InChI=1S/C10H20F3NOS/c1-2-14-7-4-3-5-8-16(15)9-6-10(11,12)13/h14H,2-9H2,1H3. The van der Waals surface area contributed by atoms with E-state index in [2.05, 4.69) is 5.32 Å². The number of nitrogens with one attached hydrogen (secondary N) is 1. The zero-order chi connectivity index (χ0) is 12.4. The van der Waals surface area contributed by atoms with Crippen LogP contribution in [0.25, 0.3) is 0 Å². The molecule has 0 radical (unpaired) electrons. The van der Waals surface area contributed by atoms with E-state index in [4.69, 9.17) is 0 Å². The fraction of sp³-hybridized carbons (Fsp3) is 1.00. The Bertz CT molecular complexity index is 197. The lowest BCUT2D eigenvalue weighted by molar-refractivity contribution is -0.129. The minimum Gasteiger partial charge on any atom is -0.317 e. The second-order valence-electron chi connectivity index (χ2n) is 3.63. The van der Waals surface area contributed by atoms with Crippen LogP contribution in [0.5, 0.6) is 0 Å². The first-order valence-electron chi connectivity index (χ1n) is 5.58. The molecule has 0 bridgehead atoms. The molecule has 0 saturated heterocycles. The van der Waals surface area contributed by atoms with E-state index in [0.29, 0.717) is 5.75 Å². The van der Waals surface area contributed by atoms with Crippen molar-refractivity contribution in [2.24, 2.45) is 0 Å². The van der Waals surface area contributed by atoms with Crippen molar-refractivity contribution >= 4 is 10.8 Å². The van der Waals surface area contributed by atoms with E-state index in [1.165, 1.54) is 0 Å². The Morgan fingerprint density at radius 1 is 1.12 bits per heavy atom. The van der Waals surface area contributed by atoms with Crippen LogP contribution in [0.3, 0.4) is 0 Å². The Morgan fingerprint density at radius 3 is 2.38 bits per heavy atom. The highest BCUT2D eigenvalue weighted by atomic mass is 32.2. The van der Waals surface area contributed by atoms with Crippen LogP contribution < -0.4 is 5.32 Å². The molecule has 1 unspecified atom stereocenters. The highest BCUT2D eigenvalue weighted by Gasteiger charge is 2.27. The van der Waals surface area contributed by atoms with Gasteiger partial charge in [-0.1, -0.05) is 13.3 Å². The van der Waals surface area contributed by atoms with Gasteiger partial charge in [0.05, 0.1) is 6.42 Å². The van der Waals surface area contributed by atoms with Crippen LogP contribution in [0.1, 0.15) is 32.6 Å². The molecule has 16 heavy (non-hydrogen) atoms. The first kappa shape index (κ1) is 15.9. The molecule has 0 aromatic carbocycles. The van der Waals surface area contributed by atoms with E-state index in [9.17, 15) is 17.4 Å². The van der Waals surface area contributed by atoms with Crippen molar-refractivity contribution in [2.45, 2.75) is 38.8 Å².